The topological polar surface area (TPSA) is 45.9 Å². The molecule has 1 aromatic heterocycles. The zero-order valence-corrected chi connectivity index (χ0v) is 10.3. The molecule has 0 fully saturated rings. The van der Waals surface area contributed by atoms with Crippen molar-refractivity contribution in [2.24, 2.45) is 0 Å². The van der Waals surface area contributed by atoms with Crippen molar-refractivity contribution < 1.29 is 4.74 Å². The molecule has 0 aliphatic heterocycles. The SMILES string of the molecule is COCCSc1cc(C#N)c2ccccc2n1. The summed E-state index contributed by atoms with van der Waals surface area (Å²) in [5, 5.41) is 10.9. The summed E-state index contributed by atoms with van der Waals surface area (Å²) in [4.78, 5) is 4.51. The van der Waals surface area contributed by atoms with Gasteiger partial charge in [0.2, 0.25) is 0 Å². The molecule has 4 heteroatoms. The number of nitrogens with zero attached hydrogens (tertiary/aromatic N) is 2. The molecule has 3 nitrogen and oxygen atoms in total. The van der Waals surface area contributed by atoms with Crippen LogP contribution in [0.25, 0.3) is 10.9 Å². The van der Waals surface area contributed by atoms with Crippen LogP contribution in [0.4, 0.5) is 0 Å². The van der Waals surface area contributed by atoms with Crippen LogP contribution in [0.1, 0.15) is 5.56 Å². The maximum absolute atomic E-state index is 9.12. The molecule has 1 aromatic carbocycles. The molecular weight excluding hydrogens is 232 g/mol. The number of nitriles is 1. The van der Waals surface area contributed by atoms with Crippen LogP contribution >= 0.6 is 11.8 Å². The molecule has 0 amide bonds. The van der Waals surface area contributed by atoms with Gasteiger partial charge in [-0.15, -0.1) is 11.8 Å². The van der Waals surface area contributed by atoms with Gasteiger partial charge in [-0.1, -0.05) is 18.2 Å². The van der Waals surface area contributed by atoms with Crippen molar-refractivity contribution in [3.63, 3.8) is 0 Å². The van der Waals surface area contributed by atoms with E-state index < -0.39 is 0 Å². The van der Waals surface area contributed by atoms with Gasteiger partial charge >= 0.3 is 0 Å². The minimum atomic E-state index is 0.676. The third-order valence-electron chi connectivity index (χ3n) is 2.35. The fraction of sp³-hybridized carbons (Fsp3) is 0.231. The van der Waals surface area contributed by atoms with Crippen LogP contribution in [0.15, 0.2) is 35.4 Å². The van der Waals surface area contributed by atoms with Crippen LogP contribution in [0.3, 0.4) is 0 Å². The van der Waals surface area contributed by atoms with Gasteiger partial charge in [-0.25, -0.2) is 4.98 Å². The summed E-state index contributed by atoms with van der Waals surface area (Å²) in [5.74, 6) is 0.840. The Bertz CT molecular complexity index is 563. The number of rotatable bonds is 4. The van der Waals surface area contributed by atoms with Gasteiger partial charge in [0.15, 0.2) is 0 Å². The Labute approximate surface area is 104 Å². The number of methoxy groups -OCH3 is 1. The fourth-order valence-electron chi connectivity index (χ4n) is 1.55. The third-order valence-corrected chi connectivity index (χ3v) is 3.23. The van der Waals surface area contributed by atoms with Gasteiger partial charge in [0.25, 0.3) is 0 Å². The van der Waals surface area contributed by atoms with Crippen LogP contribution in [-0.2, 0) is 4.74 Å². The van der Waals surface area contributed by atoms with E-state index in [2.05, 4.69) is 11.1 Å². The highest BCUT2D eigenvalue weighted by Gasteiger charge is 2.05. The standard InChI is InChI=1S/C13H12N2OS/c1-16-6-7-17-13-8-10(9-14)11-4-2-3-5-12(11)15-13/h2-5,8H,6-7H2,1H3. The average molecular weight is 244 g/mol. The molecular formula is C13H12N2OS. The number of hydrogen-bond donors (Lipinski definition) is 0. The predicted molar refractivity (Wildman–Crippen MR) is 69.1 cm³/mol. The largest absolute Gasteiger partial charge is 0.384 e. The van der Waals surface area contributed by atoms with Crippen LogP contribution in [-0.4, -0.2) is 24.5 Å². The first kappa shape index (κ1) is 11.9. The molecule has 0 N–H and O–H groups in total. The summed E-state index contributed by atoms with van der Waals surface area (Å²) in [7, 11) is 1.68. The molecule has 0 saturated carbocycles. The van der Waals surface area contributed by atoms with Crippen molar-refractivity contribution in [2.45, 2.75) is 5.03 Å². The predicted octanol–water partition coefficient (Wildman–Crippen LogP) is 2.84. The van der Waals surface area contributed by atoms with Crippen molar-refractivity contribution >= 4 is 22.7 Å². The molecule has 0 bridgehead atoms. The van der Waals surface area contributed by atoms with E-state index in [1.807, 2.05) is 30.3 Å². The van der Waals surface area contributed by atoms with Crippen molar-refractivity contribution in [3.05, 3.63) is 35.9 Å². The summed E-state index contributed by atoms with van der Waals surface area (Å²) < 4.78 is 4.99. The van der Waals surface area contributed by atoms with Crippen molar-refractivity contribution in [1.29, 1.82) is 5.26 Å². The lowest BCUT2D eigenvalue weighted by Gasteiger charge is -2.04. The Hall–Kier alpha value is -1.57. The molecule has 86 valence electrons. The molecule has 0 aliphatic rings. The third kappa shape index (κ3) is 2.76. The van der Waals surface area contributed by atoms with E-state index in [1.54, 1.807) is 18.9 Å². The zero-order chi connectivity index (χ0) is 12.1. The van der Waals surface area contributed by atoms with E-state index in [1.165, 1.54) is 0 Å². The van der Waals surface area contributed by atoms with Gasteiger partial charge < -0.3 is 4.74 Å². The first-order valence-corrected chi connectivity index (χ1v) is 6.25. The molecule has 2 rings (SSSR count). The van der Waals surface area contributed by atoms with Gasteiger partial charge in [-0.05, 0) is 12.1 Å². The first-order valence-electron chi connectivity index (χ1n) is 5.27. The second-order valence-electron chi connectivity index (χ2n) is 3.48. The first-order chi connectivity index (χ1) is 8.35. The maximum atomic E-state index is 9.12. The van der Waals surface area contributed by atoms with E-state index in [9.17, 15) is 0 Å². The second kappa shape index (κ2) is 5.67. The Morgan fingerprint density at radius 1 is 1.41 bits per heavy atom. The second-order valence-corrected chi connectivity index (χ2v) is 4.59. The monoisotopic (exact) mass is 244 g/mol. The van der Waals surface area contributed by atoms with Gasteiger partial charge in [0, 0.05) is 18.2 Å². The Kier molecular flexibility index (Phi) is 3.97. The van der Waals surface area contributed by atoms with E-state index >= 15 is 0 Å². The number of fused-ring (bicyclic) bond motifs is 1. The number of benzene rings is 1. The number of aromatic nitrogens is 1. The molecule has 0 spiro atoms. The van der Waals surface area contributed by atoms with Gasteiger partial charge in [0.1, 0.15) is 0 Å². The smallest absolute Gasteiger partial charge is 0.0999 e. The van der Waals surface area contributed by atoms with Gasteiger partial charge in [-0.2, -0.15) is 5.26 Å². The molecule has 0 saturated heterocycles. The summed E-state index contributed by atoms with van der Waals surface area (Å²) in [6, 6.07) is 11.8. The molecule has 0 aliphatic carbocycles. The Morgan fingerprint density at radius 3 is 3.00 bits per heavy atom. The van der Waals surface area contributed by atoms with E-state index in [0.29, 0.717) is 12.2 Å². The quantitative estimate of drug-likeness (QED) is 0.613. The van der Waals surface area contributed by atoms with Crippen molar-refractivity contribution in [1.82, 2.24) is 4.98 Å². The minimum absolute atomic E-state index is 0.676. The lowest BCUT2D eigenvalue weighted by molar-refractivity contribution is 0.218. The van der Waals surface area contributed by atoms with Crippen molar-refractivity contribution in [2.75, 3.05) is 19.5 Å². The zero-order valence-electron chi connectivity index (χ0n) is 9.51. The Balaban J connectivity index is 2.36. The number of hydrogen-bond acceptors (Lipinski definition) is 4. The minimum Gasteiger partial charge on any atom is -0.384 e. The van der Waals surface area contributed by atoms with E-state index in [0.717, 1.165) is 21.7 Å². The van der Waals surface area contributed by atoms with Gasteiger partial charge in [-0.3, -0.25) is 0 Å². The maximum Gasteiger partial charge on any atom is 0.0999 e. The highest BCUT2D eigenvalue weighted by atomic mass is 32.2. The average Bonchev–Trinajstić information content (AvgIpc) is 2.38. The number of pyridine rings is 1. The lowest BCUT2D eigenvalue weighted by Crippen LogP contribution is -1.93. The molecule has 2 aromatic rings. The fourth-order valence-corrected chi connectivity index (χ4v) is 2.37. The van der Waals surface area contributed by atoms with Gasteiger partial charge in [0.05, 0.1) is 28.8 Å². The number of para-hydroxylation sites is 1. The van der Waals surface area contributed by atoms with E-state index in [-0.39, 0.29) is 0 Å². The number of ether oxygens (including phenoxy) is 1. The van der Waals surface area contributed by atoms with Crippen LogP contribution < -0.4 is 0 Å². The number of thioether (sulfide) groups is 1. The molecule has 17 heavy (non-hydrogen) atoms. The molecule has 0 atom stereocenters. The normalized spacial score (nSPS) is 10.4. The molecule has 0 radical (unpaired) electrons. The van der Waals surface area contributed by atoms with Crippen molar-refractivity contribution in [3.8, 4) is 6.07 Å². The molecule has 0 unspecified atom stereocenters. The highest BCUT2D eigenvalue weighted by Crippen LogP contribution is 2.23. The summed E-state index contributed by atoms with van der Waals surface area (Å²) in [6.07, 6.45) is 0. The van der Waals surface area contributed by atoms with Crippen LogP contribution in [0.5, 0.6) is 0 Å². The summed E-state index contributed by atoms with van der Waals surface area (Å²) in [6.45, 7) is 0.682. The van der Waals surface area contributed by atoms with E-state index in [4.69, 9.17) is 10.00 Å². The summed E-state index contributed by atoms with van der Waals surface area (Å²) in [5.41, 5.74) is 1.54. The van der Waals surface area contributed by atoms with Crippen LogP contribution in [0, 0.1) is 11.3 Å². The lowest BCUT2D eigenvalue weighted by atomic mass is 10.1. The Morgan fingerprint density at radius 2 is 2.24 bits per heavy atom. The van der Waals surface area contributed by atoms with Crippen LogP contribution in [0.2, 0.25) is 0 Å². The highest BCUT2D eigenvalue weighted by molar-refractivity contribution is 7.99. The summed E-state index contributed by atoms with van der Waals surface area (Å²) >= 11 is 1.60. The molecule has 1 heterocycles.